The average Bonchev–Trinajstić information content (AvgIpc) is 2.47. The fraction of sp³-hybridized carbons (Fsp3) is 0.533. The molecule has 5 heteroatoms. The van der Waals surface area contributed by atoms with E-state index < -0.39 is 6.10 Å². The molecule has 0 aliphatic carbocycles. The third-order valence-corrected chi connectivity index (χ3v) is 3.20. The van der Waals surface area contributed by atoms with Gasteiger partial charge < -0.3 is 20.5 Å². The number of hydrogen-bond donors (Lipinski definition) is 2. The minimum atomic E-state index is -0.590. The first kappa shape index (κ1) is 16.3. The molecule has 1 aromatic rings. The monoisotopic (exact) mass is 280 g/mol. The van der Waals surface area contributed by atoms with Crippen LogP contribution in [0.2, 0.25) is 0 Å². The summed E-state index contributed by atoms with van der Waals surface area (Å²) in [7, 11) is 3.16. The predicted octanol–water partition coefficient (Wildman–Crippen LogP) is 1.49. The molecule has 0 spiro atoms. The Labute approximate surface area is 120 Å². The molecule has 112 valence electrons. The van der Waals surface area contributed by atoms with Gasteiger partial charge in [0.25, 0.3) is 5.91 Å². The Balaban J connectivity index is 3.03. The molecule has 2 atom stereocenters. The number of carbonyl (C=O) groups excluding carboxylic acids is 1. The maximum Gasteiger partial charge on any atom is 0.260 e. The third kappa shape index (κ3) is 4.13. The van der Waals surface area contributed by atoms with Gasteiger partial charge in [0.05, 0.1) is 7.11 Å². The topological polar surface area (TPSA) is 73.6 Å². The quantitative estimate of drug-likeness (QED) is 0.793. The second-order valence-electron chi connectivity index (χ2n) is 4.70. The lowest BCUT2D eigenvalue weighted by atomic mass is 10.0. The first-order valence-corrected chi connectivity index (χ1v) is 6.83. The Kier molecular flexibility index (Phi) is 6.31. The molecule has 1 aromatic carbocycles. The molecule has 0 aliphatic rings. The van der Waals surface area contributed by atoms with E-state index in [0.29, 0.717) is 17.9 Å². The molecule has 5 nitrogen and oxygen atoms in total. The summed E-state index contributed by atoms with van der Waals surface area (Å²) in [6, 6.07) is 5.71. The lowest BCUT2D eigenvalue weighted by Gasteiger charge is -2.20. The van der Waals surface area contributed by atoms with Crippen molar-refractivity contribution in [2.45, 2.75) is 38.8 Å². The summed E-state index contributed by atoms with van der Waals surface area (Å²) < 4.78 is 11.1. The molecule has 0 saturated carbocycles. The van der Waals surface area contributed by atoms with Crippen molar-refractivity contribution in [2.75, 3.05) is 14.2 Å². The minimum Gasteiger partial charge on any atom is -0.493 e. The van der Waals surface area contributed by atoms with Gasteiger partial charge in [-0.2, -0.15) is 0 Å². The second-order valence-corrected chi connectivity index (χ2v) is 4.70. The standard InChI is InChI=1S/C15H24N2O3/c1-5-12(16)9-11-7-6-8-13(19-4)14(11)20-10(2)15(18)17-3/h6-8,10,12H,5,9,16H2,1-4H3,(H,17,18). The molecule has 1 amide bonds. The number of likely N-dealkylation sites (N-methyl/N-ethyl adjacent to an activating group) is 1. The SMILES string of the molecule is CCC(N)Cc1cccc(OC)c1OC(C)C(=O)NC. The zero-order valence-electron chi connectivity index (χ0n) is 12.6. The van der Waals surface area contributed by atoms with Crippen LogP contribution in [0.15, 0.2) is 18.2 Å². The van der Waals surface area contributed by atoms with Crippen LogP contribution in [0.1, 0.15) is 25.8 Å². The molecule has 3 N–H and O–H groups in total. The number of methoxy groups -OCH3 is 1. The number of carbonyl (C=O) groups is 1. The molecule has 0 radical (unpaired) electrons. The molecule has 0 fully saturated rings. The van der Waals surface area contributed by atoms with Crippen molar-refractivity contribution in [1.29, 1.82) is 0 Å². The van der Waals surface area contributed by atoms with Gasteiger partial charge in [-0.1, -0.05) is 19.1 Å². The highest BCUT2D eigenvalue weighted by Gasteiger charge is 2.19. The highest BCUT2D eigenvalue weighted by Crippen LogP contribution is 2.32. The molecule has 0 aromatic heterocycles. The molecule has 20 heavy (non-hydrogen) atoms. The van der Waals surface area contributed by atoms with Gasteiger partial charge in [-0.15, -0.1) is 0 Å². The number of benzene rings is 1. The van der Waals surface area contributed by atoms with E-state index in [4.69, 9.17) is 15.2 Å². The van der Waals surface area contributed by atoms with Crippen LogP contribution in [0, 0.1) is 0 Å². The van der Waals surface area contributed by atoms with Crippen molar-refractivity contribution in [3.8, 4) is 11.5 Å². The summed E-state index contributed by atoms with van der Waals surface area (Å²) in [5, 5.41) is 2.56. The van der Waals surface area contributed by atoms with Crippen LogP contribution >= 0.6 is 0 Å². The van der Waals surface area contributed by atoms with E-state index in [1.807, 2.05) is 25.1 Å². The normalized spacial score (nSPS) is 13.4. The summed E-state index contributed by atoms with van der Waals surface area (Å²) in [6.45, 7) is 3.74. The van der Waals surface area contributed by atoms with Crippen LogP contribution in [0.4, 0.5) is 0 Å². The zero-order valence-corrected chi connectivity index (χ0v) is 12.6. The number of ether oxygens (including phenoxy) is 2. The van der Waals surface area contributed by atoms with E-state index in [9.17, 15) is 4.79 Å². The molecule has 0 heterocycles. The first-order valence-electron chi connectivity index (χ1n) is 6.83. The molecular formula is C15H24N2O3. The van der Waals surface area contributed by atoms with E-state index in [-0.39, 0.29) is 11.9 Å². The third-order valence-electron chi connectivity index (χ3n) is 3.20. The molecule has 0 bridgehead atoms. The second kappa shape index (κ2) is 7.75. The Morgan fingerprint density at radius 1 is 1.45 bits per heavy atom. The maximum absolute atomic E-state index is 11.6. The Bertz CT molecular complexity index is 449. The van der Waals surface area contributed by atoms with Crippen LogP contribution < -0.4 is 20.5 Å². The van der Waals surface area contributed by atoms with Crippen molar-refractivity contribution in [3.63, 3.8) is 0 Å². The van der Waals surface area contributed by atoms with Gasteiger partial charge in [0.1, 0.15) is 0 Å². The maximum atomic E-state index is 11.6. The van der Waals surface area contributed by atoms with Gasteiger partial charge in [-0.25, -0.2) is 0 Å². The van der Waals surface area contributed by atoms with E-state index in [1.54, 1.807) is 21.1 Å². The van der Waals surface area contributed by atoms with Gasteiger partial charge in [-0.05, 0) is 31.4 Å². The van der Waals surface area contributed by atoms with Crippen molar-refractivity contribution in [3.05, 3.63) is 23.8 Å². The lowest BCUT2D eigenvalue weighted by Crippen LogP contribution is -2.34. The number of para-hydroxylation sites is 1. The van der Waals surface area contributed by atoms with Crippen molar-refractivity contribution in [1.82, 2.24) is 5.32 Å². The fourth-order valence-corrected chi connectivity index (χ4v) is 1.88. The first-order chi connectivity index (χ1) is 9.53. The molecule has 0 aliphatic heterocycles. The van der Waals surface area contributed by atoms with Gasteiger partial charge in [0.2, 0.25) is 0 Å². The van der Waals surface area contributed by atoms with E-state index >= 15 is 0 Å². The van der Waals surface area contributed by atoms with Gasteiger partial charge in [0, 0.05) is 13.1 Å². The van der Waals surface area contributed by atoms with Crippen LogP contribution in [0.25, 0.3) is 0 Å². The molecular weight excluding hydrogens is 256 g/mol. The van der Waals surface area contributed by atoms with E-state index in [2.05, 4.69) is 5.32 Å². The van der Waals surface area contributed by atoms with Gasteiger partial charge in [0.15, 0.2) is 17.6 Å². The summed E-state index contributed by atoms with van der Waals surface area (Å²) in [5.74, 6) is 1.03. The Hall–Kier alpha value is -1.75. The van der Waals surface area contributed by atoms with Crippen molar-refractivity contribution >= 4 is 5.91 Å². The van der Waals surface area contributed by atoms with Crippen molar-refractivity contribution < 1.29 is 14.3 Å². The largest absolute Gasteiger partial charge is 0.493 e. The van der Waals surface area contributed by atoms with Crippen LogP contribution in [-0.2, 0) is 11.2 Å². The van der Waals surface area contributed by atoms with Gasteiger partial charge >= 0.3 is 0 Å². The fourth-order valence-electron chi connectivity index (χ4n) is 1.88. The summed E-state index contributed by atoms with van der Waals surface area (Å²) in [4.78, 5) is 11.6. The highest BCUT2D eigenvalue weighted by atomic mass is 16.5. The Morgan fingerprint density at radius 3 is 2.70 bits per heavy atom. The smallest absolute Gasteiger partial charge is 0.260 e. The number of amides is 1. The number of nitrogens with two attached hydrogens (primary N) is 1. The predicted molar refractivity (Wildman–Crippen MR) is 79.1 cm³/mol. The molecule has 0 saturated heterocycles. The lowest BCUT2D eigenvalue weighted by molar-refractivity contribution is -0.126. The minimum absolute atomic E-state index is 0.0553. The Morgan fingerprint density at radius 2 is 2.15 bits per heavy atom. The summed E-state index contributed by atoms with van der Waals surface area (Å²) in [5.41, 5.74) is 6.96. The van der Waals surface area contributed by atoms with Crippen molar-refractivity contribution in [2.24, 2.45) is 5.73 Å². The van der Waals surface area contributed by atoms with Crippen LogP contribution in [0.5, 0.6) is 11.5 Å². The summed E-state index contributed by atoms with van der Waals surface area (Å²) >= 11 is 0. The van der Waals surface area contributed by atoms with Crippen LogP contribution in [-0.4, -0.2) is 32.2 Å². The number of hydrogen-bond acceptors (Lipinski definition) is 4. The van der Waals surface area contributed by atoms with E-state index in [1.165, 1.54) is 0 Å². The zero-order chi connectivity index (χ0) is 15.1. The average molecular weight is 280 g/mol. The number of rotatable bonds is 7. The molecule has 2 unspecified atom stereocenters. The summed E-state index contributed by atoms with van der Waals surface area (Å²) in [6.07, 6.45) is 0.971. The van der Waals surface area contributed by atoms with Gasteiger partial charge in [-0.3, -0.25) is 4.79 Å². The molecule has 1 rings (SSSR count). The van der Waals surface area contributed by atoms with E-state index in [0.717, 1.165) is 12.0 Å². The van der Waals surface area contributed by atoms with Crippen LogP contribution in [0.3, 0.4) is 0 Å². The highest BCUT2D eigenvalue weighted by molar-refractivity contribution is 5.80. The number of nitrogens with one attached hydrogen (secondary N) is 1.